The van der Waals surface area contributed by atoms with E-state index in [9.17, 15) is 0 Å². The highest BCUT2D eigenvalue weighted by Gasteiger charge is 2.38. The van der Waals surface area contributed by atoms with Gasteiger partial charge in [-0.3, -0.25) is 0 Å². The summed E-state index contributed by atoms with van der Waals surface area (Å²) in [5, 5.41) is 0. The molecule has 1 aromatic carbocycles. The average Bonchev–Trinajstić information content (AvgIpc) is 2.22. The smallest absolute Gasteiger partial charge is 0.217 e. The van der Waals surface area contributed by atoms with E-state index < -0.39 is 5.79 Å². The maximum atomic E-state index is 5.44. The van der Waals surface area contributed by atoms with Crippen molar-refractivity contribution >= 4 is 47.8 Å². The molecule has 0 saturated carbocycles. The third-order valence-corrected chi connectivity index (χ3v) is 3.87. The zero-order valence-electron chi connectivity index (χ0n) is 8.34. The van der Waals surface area contributed by atoms with Gasteiger partial charge in [0.1, 0.15) is 3.74 Å². The Bertz CT molecular complexity index is 307. The van der Waals surface area contributed by atoms with E-state index in [1.54, 1.807) is 14.2 Å². The van der Waals surface area contributed by atoms with Crippen LogP contribution >= 0.6 is 47.8 Å². The zero-order valence-corrected chi connectivity index (χ0v) is 13.1. The van der Waals surface area contributed by atoms with Crippen LogP contribution in [0.25, 0.3) is 0 Å². The highest BCUT2D eigenvalue weighted by atomic mass is 79.9. The van der Waals surface area contributed by atoms with Crippen molar-refractivity contribution in [1.29, 1.82) is 0 Å². The van der Waals surface area contributed by atoms with Crippen LogP contribution in [0.2, 0.25) is 0 Å². The summed E-state index contributed by atoms with van der Waals surface area (Å²) in [6, 6.07) is 7.80. The minimum Gasteiger partial charge on any atom is -0.348 e. The largest absolute Gasteiger partial charge is 0.348 e. The van der Waals surface area contributed by atoms with Gasteiger partial charge in [0.15, 0.2) is 0 Å². The van der Waals surface area contributed by atoms with Crippen molar-refractivity contribution < 1.29 is 9.47 Å². The molecule has 0 aromatic heterocycles. The third-order valence-electron chi connectivity index (χ3n) is 2.14. The van der Waals surface area contributed by atoms with Crippen LogP contribution in [0.1, 0.15) is 5.56 Å². The van der Waals surface area contributed by atoms with Crippen LogP contribution in [0.15, 0.2) is 28.7 Å². The normalized spacial score (nSPS) is 12.1. The fraction of sp³-hybridized carbons (Fsp3) is 0.400. The van der Waals surface area contributed by atoms with Crippen molar-refractivity contribution in [3.8, 4) is 0 Å². The molecule has 0 heterocycles. The third kappa shape index (κ3) is 2.82. The first-order valence-electron chi connectivity index (χ1n) is 4.21. The molecule has 0 aliphatic rings. The molecule has 1 aromatic rings. The van der Waals surface area contributed by atoms with Crippen molar-refractivity contribution in [3.63, 3.8) is 0 Å². The quantitative estimate of drug-likeness (QED) is 0.559. The lowest BCUT2D eigenvalue weighted by Gasteiger charge is -2.32. The molecular weight excluding hydrogens is 392 g/mol. The lowest BCUT2D eigenvalue weighted by Crippen LogP contribution is -2.36. The molecule has 15 heavy (non-hydrogen) atoms. The number of ether oxygens (including phenoxy) is 2. The SMILES string of the molecule is COC(OC)(c1ccc(Br)cc1)C(Br)Br. The van der Waals surface area contributed by atoms with Crippen LogP contribution in [-0.2, 0) is 15.3 Å². The van der Waals surface area contributed by atoms with Gasteiger partial charge in [0.05, 0.1) is 0 Å². The Morgan fingerprint density at radius 2 is 1.53 bits per heavy atom. The van der Waals surface area contributed by atoms with E-state index in [0.717, 1.165) is 10.0 Å². The van der Waals surface area contributed by atoms with Crippen LogP contribution in [0.3, 0.4) is 0 Å². The second-order valence-corrected chi connectivity index (χ2v) is 6.86. The molecule has 0 amide bonds. The molecule has 0 bridgehead atoms. The predicted molar refractivity (Wildman–Crippen MR) is 71.5 cm³/mol. The molecule has 0 aliphatic heterocycles. The lowest BCUT2D eigenvalue weighted by atomic mass is 10.1. The molecule has 0 saturated heterocycles. The highest BCUT2D eigenvalue weighted by molar-refractivity contribution is 9.24. The summed E-state index contributed by atoms with van der Waals surface area (Å²) in [6.45, 7) is 0. The lowest BCUT2D eigenvalue weighted by molar-refractivity contribution is -0.201. The number of benzene rings is 1. The number of rotatable bonds is 4. The van der Waals surface area contributed by atoms with Crippen LogP contribution < -0.4 is 0 Å². The summed E-state index contributed by atoms with van der Waals surface area (Å²) in [7, 11) is 3.22. The topological polar surface area (TPSA) is 18.5 Å². The monoisotopic (exact) mass is 400 g/mol. The Kier molecular flexibility index (Phi) is 5.25. The van der Waals surface area contributed by atoms with E-state index in [0.29, 0.717) is 0 Å². The first-order chi connectivity index (χ1) is 7.06. The van der Waals surface area contributed by atoms with E-state index in [2.05, 4.69) is 47.8 Å². The molecule has 0 N–H and O–H groups in total. The fourth-order valence-electron chi connectivity index (χ4n) is 1.31. The van der Waals surface area contributed by atoms with Gasteiger partial charge in [-0.2, -0.15) is 0 Å². The molecule has 0 radical (unpaired) electrons. The van der Waals surface area contributed by atoms with Crippen molar-refractivity contribution in [3.05, 3.63) is 34.3 Å². The van der Waals surface area contributed by atoms with Gasteiger partial charge in [0.25, 0.3) is 0 Å². The van der Waals surface area contributed by atoms with Crippen LogP contribution in [0.5, 0.6) is 0 Å². The Morgan fingerprint density at radius 1 is 1.07 bits per heavy atom. The zero-order chi connectivity index (χ0) is 11.5. The molecule has 2 nitrogen and oxygen atoms in total. The van der Waals surface area contributed by atoms with Gasteiger partial charge in [-0.15, -0.1) is 0 Å². The first kappa shape index (κ1) is 13.6. The second kappa shape index (κ2) is 5.77. The van der Waals surface area contributed by atoms with Crippen LogP contribution in [0.4, 0.5) is 0 Å². The molecule has 0 atom stereocenters. The Labute approximate surface area is 115 Å². The van der Waals surface area contributed by atoms with E-state index >= 15 is 0 Å². The number of hydrogen-bond donors (Lipinski definition) is 0. The molecule has 5 heteroatoms. The van der Waals surface area contributed by atoms with Gasteiger partial charge < -0.3 is 9.47 Å². The molecule has 0 fully saturated rings. The number of hydrogen-bond acceptors (Lipinski definition) is 2. The Hall–Kier alpha value is 0.580. The fourth-order valence-corrected chi connectivity index (χ4v) is 2.85. The number of methoxy groups -OCH3 is 2. The van der Waals surface area contributed by atoms with Gasteiger partial charge in [0.2, 0.25) is 5.79 Å². The highest BCUT2D eigenvalue weighted by Crippen LogP contribution is 2.37. The van der Waals surface area contributed by atoms with Gasteiger partial charge in [-0.05, 0) is 12.1 Å². The molecule has 0 unspecified atom stereocenters. The summed E-state index contributed by atoms with van der Waals surface area (Å²) < 4.78 is 11.8. The summed E-state index contributed by atoms with van der Waals surface area (Å²) in [5.74, 6) is -0.819. The molecule has 84 valence electrons. The minimum absolute atomic E-state index is 0.131. The minimum atomic E-state index is -0.819. The van der Waals surface area contributed by atoms with Crippen molar-refractivity contribution in [2.75, 3.05) is 14.2 Å². The maximum Gasteiger partial charge on any atom is 0.217 e. The molecule has 1 rings (SSSR count). The Balaban J connectivity index is 3.14. The van der Waals surface area contributed by atoms with Gasteiger partial charge in [0, 0.05) is 24.3 Å². The van der Waals surface area contributed by atoms with Gasteiger partial charge >= 0.3 is 0 Å². The van der Waals surface area contributed by atoms with Crippen molar-refractivity contribution in [2.45, 2.75) is 9.52 Å². The first-order valence-corrected chi connectivity index (χ1v) is 6.83. The van der Waals surface area contributed by atoms with Gasteiger partial charge in [-0.1, -0.05) is 59.9 Å². The van der Waals surface area contributed by atoms with E-state index in [1.807, 2.05) is 24.3 Å². The predicted octanol–water partition coefficient (Wildman–Crippen LogP) is 4.01. The summed E-state index contributed by atoms with van der Waals surface area (Å²) in [5.41, 5.74) is 0.939. The number of halogens is 3. The maximum absolute atomic E-state index is 5.44. The summed E-state index contributed by atoms with van der Waals surface area (Å²) >= 11 is 10.2. The van der Waals surface area contributed by atoms with Crippen molar-refractivity contribution in [1.82, 2.24) is 0 Å². The van der Waals surface area contributed by atoms with E-state index in [-0.39, 0.29) is 3.74 Å². The summed E-state index contributed by atoms with van der Waals surface area (Å²) in [6.07, 6.45) is 0. The van der Waals surface area contributed by atoms with Crippen molar-refractivity contribution in [2.24, 2.45) is 0 Å². The number of alkyl halides is 2. The molecule has 0 spiro atoms. The summed E-state index contributed by atoms with van der Waals surface area (Å²) in [4.78, 5) is 0. The molecular formula is C10H11Br3O2. The van der Waals surface area contributed by atoms with E-state index in [4.69, 9.17) is 9.47 Å². The van der Waals surface area contributed by atoms with Crippen LogP contribution in [-0.4, -0.2) is 18.0 Å². The second-order valence-electron chi connectivity index (χ2n) is 2.88. The van der Waals surface area contributed by atoms with Crippen LogP contribution in [0, 0.1) is 0 Å². The van der Waals surface area contributed by atoms with Gasteiger partial charge in [-0.25, -0.2) is 0 Å². The average molecular weight is 403 g/mol. The van der Waals surface area contributed by atoms with E-state index in [1.165, 1.54) is 0 Å². The Morgan fingerprint density at radius 3 is 1.87 bits per heavy atom. The standard InChI is InChI=1S/C10H11Br3O2/c1-14-10(15-2,9(12)13)7-3-5-8(11)6-4-7/h3-6,9H,1-2H3. The molecule has 0 aliphatic carbocycles.